The molecular formula is C21H34N3O3+. The molecule has 0 radical (unpaired) electrons. The lowest BCUT2D eigenvalue weighted by Gasteiger charge is -2.06. The molecule has 0 aliphatic carbocycles. The highest BCUT2D eigenvalue weighted by atomic mass is 16.5. The van der Waals surface area contributed by atoms with Gasteiger partial charge in [-0.15, -0.1) is 0 Å². The summed E-state index contributed by atoms with van der Waals surface area (Å²) in [5, 5.41) is 2.77. The van der Waals surface area contributed by atoms with Crippen LogP contribution in [-0.4, -0.2) is 31.9 Å². The highest BCUT2D eigenvalue weighted by Crippen LogP contribution is 2.05. The standard InChI is InChI=1S/C21H33N3O3/c1-2-3-4-7-11-20-12-10-15-24(18-20)16-17-27-21(26)23-14-9-6-5-8-13-22-19-25/h10,12,15,18H,2-9,11,13-14,16-17H2,1H3/p+1. The number of isocyanates is 1. The maximum Gasteiger partial charge on any atom is 0.407 e. The van der Waals surface area contributed by atoms with Gasteiger partial charge in [0.15, 0.2) is 25.5 Å². The molecule has 1 heterocycles. The van der Waals surface area contributed by atoms with E-state index in [-0.39, 0.29) is 6.09 Å². The van der Waals surface area contributed by atoms with Crippen molar-refractivity contribution in [3.05, 3.63) is 30.1 Å². The number of alkyl carbamates (subject to hydrolysis) is 1. The lowest BCUT2D eigenvalue weighted by Crippen LogP contribution is -2.37. The fourth-order valence-electron chi connectivity index (χ4n) is 2.82. The maximum absolute atomic E-state index is 11.7. The monoisotopic (exact) mass is 376 g/mol. The summed E-state index contributed by atoms with van der Waals surface area (Å²) in [7, 11) is 0. The first-order valence-corrected chi connectivity index (χ1v) is 10.2. The van der Waals surface area contributed by atoms with Crippen LogP contribution in [0.15, 0.2) is 29.5 Å². The molecule has 6 nitrogen and oxygen atoms in total. The van der Waals surface area contributed by atoms with E-state index in [1.807, 2.05) is 6.20 Å². The number of rotatable bonds is 15. The number of aromatic nitrogens is 1. The Bertz CT molecular complexity index is 572. The van der Waals surface area contributed by atoms with E-state index in [4.69, 9.17) is 4.74 Å². The molecule has 0 bridgehead atoms. The predicted octanol–water partition coefficient (Wildman–Crippen LogP) is 3.72. The summed E-state index contributed by atoms with van der Waals surface area (Å²) < 4.78 is 7.30. The zero-order valence-corrected chi connectivity index (χ0v) is 16.6. The average Bonchev–Trinajstić information content (AvgIpc) is 2.68. The van der Waals surface area contributed by atoms with Crippen LogP contribution < -0.4 is 9.88 Å². The molecule has 6 heteroatoms. The van der Waals surface area contributed by atoms with Crippen LogP contribution in [0.4, 0.5) is 4.79 Å². The second-order valence-electron chi connectivity index (χ2n) is 6.71. The first-order valence-electron chi connectivity index (χ1n) is 10.2. The quantitative estimate of drug-likeness (QED) is 0.219. The van der Waals surface area contributed by atoms with Crippen LogP contribution in [0.25, 0.3) is 0 Å². The number of carbonyl (C=O) groups excluding carboxylic acids is 2. The van der Waals surface area contributed by atoms with E-state index in [9.17, 15) is 9.59 Å². The molecule has 0 fully saturated rings. The number of aryl methyl sites for hydroxylation is 1. The molecule has 0 atom stereocenters. The van der Waals surface area contributed by atoms with Crippen LogP contribution in [0.2, 0.25) is 0 Å². The number of nitrogens with one attached hydrogen (secondary N) is 1. The predicted molar refractivity (Wildman–Crippen MR) is 105 cm³/mol. The molecule has 1 aromatic heterocycles. The van der Waals surface area contributed by atoms with Crippen LogP contribution in [0.3, 0.4) is 0 Å². The summed E-state index contributed by atoms with van der Waals surface area (Å²) in [5.74, 6) is 0. The molecule has 0 aliphatic heterocycles. The summed E-state index contributed by atoms with van der Waals surface area (Å²) in [4.78, 5) is 25.1. The SMILES string of the molecule is CCCCCCc1ccc[n+](CCOC(=O)NCCCCCCN=C=O)c1. The minimum atomic E-state index is -0.364. The van der Waals surface area contributed by atoms with E-state index < -0.39 is 0 Å². The van der Waals surface area contributed by atoms with Gasteiger partial charge in [0.05, 0.1) is 6.54 Å². The molecule has 27 heavy (non-hydrogen) atoms. The normalized spacial score (nSPS) is 10.3. The van der Waals surface area contributed by atoms with Gasteiger partial charge in [0, 0.05) is 18.2 Å². The molecule has 0 aromatic carbocycles. The molecule has 1 rings (SSSR count). The third kappa shape index (κ3) is 12.7. The van der Waals surface area contributed by atoms with Gasteiger partial charge >= 0.3 is 6.09 Å². The van der Waals surface area contributed by atoms with Gasteiger partial charge in [-0.05, 0) is 31.7 Å². The van der Waals surface area contributed by atoms with Gasteiger partial charge < -0.3 is 10.1 Å². The Balaban J connectivity index is 2.09. The van der Waals surface area contributed by atoms with Crippen molar-refractivity contribution in [3.8, 4) is 0 Å². The molecule has 1 amide bonds. The van der Waals surface area contributed by atoms with Crippen LogP contribution in [0.5, 0.6) is 0 Å². The molecule has 0 spiro atoms. The molecule has 0 saturated carbocycles. The Morgan fingerprint density at radius 1 is 1.19 bits per heavy atom. The minimum absolute atomic E-state index is 0.361. The fourth-order valence-corrected chi connectivity index (χ4v) is 2.82. The zero-order valence-electron chi connectivity index (χ0n) is 16.6. The van der Waals surface area contributed by atoms with Crippen LogP contribution in [0.1, 0.15) is 63.9 Å². The summed E-state index contributed by atoms with van der Waals surface area (Å²) >= 11 is 0. The largest absolute Gasteiger partial charge is 0.443 e. The maximum atomic E-state index is 11.7. The highest BCUT2D eigenvalue weighted by molar-refractivity contribution is 5.66. The molecular weight excluding hydrogens is 342 g/mol. The van der Waals surface area contributed by atoms with E-state index in [1.54, 1.807) is 0 Å². The van der Waals surface area contributed by atoms with E-state index in [0.717, 1.165) is 32.1 Å². The van der Waals surface area contributed by atoms with Crippen molar-refractivity contribution in [2.45, 2.75) is 71.3 Å². The van der Waals surface area contributed by atoms with Gasteiger partial charge in [0.1, 0.15) is 0 Å². The van der Waals surface area contributed by atoms with Crippen LogP contribution in [0, 0.1) is 0 Å². The lowest BCUT2D eigenvalue weighted by atomic mass is 10.1. The number of pyridine rings is 1. The Hall–Kier alpha value is -2.20. The zero-order chi connectivity index (χ0) is 19.6. The summed E-state index contributed by atoms with van der Waals surface area (Å²) in [5.41, 5.74) is 1.33. The molecule has 0 unspecified atom stereocenters. The van der Waals surface area contributed by atoms with Gasteiger partial charge in [-0.1, -0.05) is 39.0 Å². The van der Waals surface area contributed by atoms with Gasteiger partial charge in [-0.25, -0.2) is 19.1 Å². The third-order valence-corrected chi connectivity index (χ3v) is 4.35. The number of amides is 1. The van der Waals surface area contributed by atoms with Gasteiger partial charge in [-0.2, -0.15) is 0 Å². The second kappa shape index (κ2) is 16.0. The van der Waals surface area contributed by atoms with Crippen molar-refractivity contribution in [1.29, 1.82) is 0 Å². The topological polar surface area (TPSA) is 71.6 Å². The van der Waals surface area contributed by atoms with Gasteiger partial charge in [0.25, 0.3) is 0 Å². The number of carbonyl (C=O) groups is 1. The van der Waals surface area contributed by atoms with Crippen molar-refractivity contribution < 1.29 is 18.9 Å². The minimum Gasteiger partial charge on any atom is -0.443 e. The lowest BCUT2D eigenvalue weighted by molar-refractivity contribution is -0.698. The number of unbranched alkanes of at least 4 members (excludes halogenated alkanes) is 6. The second-order valence-corrected chi connectivity index (χ2v) is 6.71. The number of aliphatic imine (C=N–C) groups is 1. The third-order valence-electron chi connectivity index (χ3n) is 4.35. The smallest absolute Gasteiger partial charge is 0.407 e. The summed E-state index contributed by atoms with van der Waals surface area (Å²) in [6, 6.07) is 4.21. The Morgan fingerprint density at radius 3 is 2.81 bits per heavy atom. The Labute approximate surface area is 163 Å². The van der Waals surface area contributed by atoms with Crippen molar-refractivity contribution in [2.75, 3.05) is 19.7 Å². The number of ether oxygens (including phenoxy) is 1. The molecule has 150 valence electrons. The van der Waals surface area contributed by atoms with Crippen molar-refractivity contribution in [1.82, 2.24) is 5.32 Å². The van der Waals surface area contributed by atoms with Crippen molar-refractivity contribution in [2.24, 2.45) is 4.99 Å². The fraction of sp³-hybridized carbons (Fsp3) is 0.667. The molecule has 0 saturated heterocycles. The molecule has 1 N–H and O–H groups in total. The van der Waals surface area contributed by atoms with Crippen LogP contribution in [-0.2, 0) is 22.5 Å². The van der Waals surface area contributed by atoms with E-state index in [2.05, 4.69) is 40.1 Å². The van der Waals surface area contributed by atoms with Gasteiger partial charge in [-0.3, -0.25) is 0 Å². The van der Waals surface area contributed by atoms with E-state index in [0.29, 0.717) is 26.2 Å². The number of hydrogen-bond donors (Lipinski definition) is 1. The Morgan fingerprint density at radius 2 is 2.00 bits per heavy atom. The highest BCUT2D eigenvalue weighted by Gasteiger charge is 2.06. The Kier molecular flexibility index (Phi) is 13.5. The molecule has 0 aliphatic rings. The first-order chi connectivity index (χ1) is 13.3. The summed E-state index contributed by atoms with van der Waals surface area (Å²) in [6.07, 6.45) is 15.2. The van der Waals surface area contributed by atoms with Gasteiger partial charge in [0.2, 0.25) is 6.08 Å². The average molecular weight is 377 g/mol. The number of hydrogen-bond acceptors (Lipinski definition) is 4. The first kappa shape index (κ1) is 22.8. The molecule has 1 aromatic rings. The van der Waals surface area contributed by atoms with E-state index >= 15 is 0 Å². The summed E-state index contributed by atoms with van der Waals surface area (Å²) in [6.45, 7) is 4.39. The van der Waals surface area contributed by atoms with Crippen LogP contribution >= 0.6 is 0 Å². The van der Waals surface area contributed by atoms with Crippen molar-refractivity contribution >= 4 is 12.2 Å². The van der Waals surface area contributed by atoms with Crippen molar-refractivity contribution in [3.63, 3.8) is 0 Å². The van der Waals surface area contributed by atoms with E-state index in [1.165, 1.54) is 37.3 Å². The number of nitrogens with zero attached hydrogens (tertiary/aromatic N) is 2.